The van der Waals surface area contributed by atoms with Gasteiger partial charge in [0.1, 0.15) is 0 Å². The summed E-state index contributed by atoms with van der Waals surface area (Å²) in [4.78, 5) is 0. The SMILES string of the molecule is CC(C)c1ccc2c3ccc(C(C)C)cc3n(C(C)C)c2c1. The van der Waals surface area contributed by atoms with Gasteiger partial charge in [-0.15, -0.1) is 0 Å². The minimum Gasteiger partial charge on any atom is -0.338 e. The Balaban J connectivity index is 2.41. The summed E-state index contributed by atoms with van der Waals surface area (Å²) in [7, 11) is 0. The van der Waals surface area contributed by atoms with Gasteiger partial charge in [0.15, 0.2) is 0 Å². The molecule has 0 aliphatic carbocycles. The van der Waals surface area contributed by atoms with E-state index < -0.39 is 0 Å². The maximum absolute atomic E-state index is 2.50. The first kappa shape index (κ1) is 15.1. The Hall–Kier alpha value is -1.76. The molecular formula is C21H27N. The summed E-state index contributed by atoms with van der Waals surface area (Å²) in [5, 5.41) is 2.76. The van der Waals surface area contributed by atoms with E-state index in [1.807, 2.05) is 0 Å². The van der Waals surface area contributed by atoms with E-state index in [4.69, 9.17) is 0 Å². The zero-order chi connectivity index (χ0) is 16.0. The van der Waals surface area contributed by atoms with Gasteiger partial charge < -0.3 is 4.57 Å². The molecule has 0 N–H and O–H groups in total. The third kappa shape index (κ3) is 2.33. The number of hydrogen-bond donors (Lipinski definition) is 0. The first-order chi connectivity index (χ1) is 10.4. The van der Waals surface area contributed by atoms with Crippen molar-refractivity contribution in [1.82, 2.24) is 4.57 Å². The molecule has 1 heterocycles. The highest BCUT2D eigenvalue weighted by Gasteiger charge is 2.15. The molecule has 0 aliphatic heterocycles. The number of benzene rings is 2. The summed E-state index contributed by atoms with van der Waals surface area (Å²) in [5.41, 5.74) is 5.58. The fourth-order valence-corrected chi connectivity index (χ4v) is 3.36. The van der Waals surface area contributed by atoms with Crippen molar-refractivity contribution in [2.45, 2.75) is 59.4 Å². The largest absolute Gasteiger partial charge is 0.338 e. The van der Waals surface area contributed by atoms with Crippen molar-refractivity contribution < 1.29 is 0 Å². The normalized spacial score (nSPS) is 12.4. The van der Waals surface area contributed by atoms with Gasteiger partial charge in [0, 0.05) is 27.8 Å². The number of rotatable bonds is 3. The highest BCUT2D eigenvalue weighted by Crippen LogP contribution is 2.35. The third-order valence-electron chi connectivity index (χ3n) is 4.70. The first-order valence-corrected chi connectivity index (χ1v) is 8.47. The van der Waals surface area contributed by atoms with E-state index >= 15 is 0 Å². The minimum atomic E-state index is 0.463. The molecular weight excluding hydrogens is 266 g/mol. The number of aromatic nitrogens is 1. The molecule has 1 nitrogen and oxygen atoms in total. The Morgan fingerprint density at radius 1 is 0.636 bits per heavy atom. The molecule has 0 aliphatic rings. The maximum Gasteiger partial charge on any atom is 0.0496 e. The molecule has 2 aromatic carbocycles. The molecule has 0 bridgehead atoms. The number of hydrogen-bond acceptors (Lipinski definition) is 0. The van der Waals surface area contributed by atoms with Crippen LogP contribution in [-0.2, 0) is 0 Å². The zero-order valence-corrected chi connectivity index (χ0v) is 14.6. The molecule has 0 saturated heterocycles. The van der Waals surface area contributed by atoms with Crippen LogP contribution in [0.1, 0.15) is 70.5 Å². The van der Waals surface area contributed by atoms with Crippen LogP contribution in [-0.4, -0.2) is 4.57 Å². The lowest BCUT2D eigenvalue weighted by atomic mass is 10.00. The van der Waals surface area contributed by atoms with Crippen LogP contribution in [0.15, 0.2) is 36.4 Å². The lowest BCUT2D eigenvalue weighted by Gasteiger charge is -2.14. The van der Waals surface area contributed by atoms with Crippen LogP contribution >= 0.6 is 0 Å². The molecule has 0 atom stereocenters. The molecule has 22 heavy (non-hydrogen) atoms. The van der Waals surface area contributed by atoms with Gasteiger partial charge in [-0.1, -0.05) is 52.0 Å². The summed E-state index contributed by atoms with van der Waals surface area (Å²) >= 11 is 0. The van der Waals surface area contributed by atoms with Gasteiger partial charge in [-0.05, 0) is 48.9 Å². The van der Waals surface area contributed by atoms with E-state index in [9.17, 15) is 0 Å². The Morgan fingerprint density at radius 2 is 1.05 bits per heavy atom. The molecule has 0 spiro atoms. The van der Waals surface area contributed by atoms with Crippen LogP contribution in [0.5, 0.6) is 0 Å². The summed E-state index contributed by atoms with van der Waals surface area (Å²) in [6.07, 6.45) is 0. The van der Waals surface area contributed by atoms with Gasteiger partial charge >= 0.3 is 0 Å². The fraction of sp³-hybridized carbons (Fsp3) is 0.429. The highest BCUT2D eigenvalue weighted by atomic mass is 15.0. The highest BCUT2D eigenvalue weighted by molar-refractivity contribution is 6.08. The maximum atomic E-state index is 2.50. The van der Waals surface area contributed by atoms with Gasteiger partial charge in [-0.3, -0.25) is 0 Å². The Labute approximate surface area is 133 Å². The minimum absolute atomic E-state index is 0.463. The van der Waals surface area contributed by atoms with Crippen LogP contribution in [0.2, 0.25) is 0 Å². The van der Waals surface area contributed by atoms with Gasteiger partial charge in [0.25, 0.3) is 0 Å². The molecule has 0 unspecified atom stereocenters. The molecule has 0 saturated carbocycles. The molecule has 3 rings (SSSR count). The fourth-order valence-electron chi connectivity index (χ4n) is 3.36. The lowest BCUT2D eigenvalue weighted by Crippen LogP contribution is -2.01. The van der Waals surface area contributed by atoms with Crippen molar-refractivity contribution in [3.63, 3.8) is 0 Å². The van der Waals surface area contributed by atoms with Crippen molar-refractivity contribution >= 4 is 21.8 Å². The van der Waals surface area contributed by atoms with E-state index in [1.54, 1.807) is 0 Å². The van der Waals surface area contributed by atoms with Gasteiger partial charge in [-0.25, -0.2) is 0 Å². The third-order valence-corrected chi connectivity index (χ3v) is 4.70. The monoisotopic (exact) mass is 293 g/mol. The van der Waals surface area contributed by atoms with Crippen LogP contribution < -0.4 is 0 Å². The first-order valence-electron chi connectivity index (χ1n) is 8.47. The zero-order valence-electron chi connectivity index (χ0n) is 14.6. The van der Waals surface area contributed by atoms with Crippen molar-refractivity contribution in [2.24, 2.45) is 0 Å². The van der Waals surface area contributed by atoms with E-state index in [1.165, 1.54) is 32.9 Å². The molecule has 1 aromatic heterocycles. The lowest BCUT2D eigenvalue weighted by molar-refractivity contribution is 0.641. The molecule has 0 radical (unpaired) electrons. The van der Waals surface area contributed by atoms with Gasteiger partial charge in [0.2, 0.25) is 0 Å². The van der Waals surface area contributed by atoms with Crippen LogP contribution in [0, 0.1) is 0 Å². The van der Waals surface area contributed by atoms with Crippen molar-refractivity contribution in [1.29, 1.82) is 0 Å². The summed E-state index contributed by atoms with van der Waals surface area (Å²) in [6.45, 7) is 13.6. The smallest absolute Gasteiger partial charge is 0.0496 e. The Bertz CT molecular complexity index is 753. The Morgan fingerprint density at radius 3 is 1.36 bits per heavy atom. The average molecular weight is 293 g/mol. The summed E-state index contributed by atoms with van der Waals surface area (Å²) in [6, 6.07) is 14.4. The van der Waals surface area contributed by atoms with Crippen molar-refractivity contribution in [3.8, 4) is 0 Å². The van der Waals surface area contributed by atoms with Gasteiger partial charge in [-0.2, -0.15) is 0 Å². The summed E-state index contributed by atoms with van der Waals surface area (Å²) < 4.78 is 2.50. The van der Waals surface area contributed by atoms with E-state index in [0.717, 1.165) is 0 Å². The van der Waals surface area contributed by atoms with Gasteiger partial charge in [0.05, 0.1) is 0 Å². The predicted octanol–water partition coefficient (Wildman–Crippen LogP) is 6.62. The average Bonchev–Trinajstić information content (AvgIpc) is 2.79. The second-order valence-corrected chi connectivity index (χ2v) is 7.33. The molecule has 1 heteroatoms. The van der Waals surface area contributed by atoms with Crippen LogP contribution in [0.3, 0.4) is 0 Å². The molecule has 116 valence electrons. The standard InChI is InChI=1S/C21H27N/c1-13(2)16-7-9-18-19-10-8-17(14(3)4)12-21(19)22(15(5)6)20(18)11-16/h7-15H,1-6H3. The van der Waals surface area contributed by atoms with Crippen molar-refractivity contribution in [2.75, 3.05) is 0 Å². The number of nitrogens with zero attached hydrogens (tertiary/aromatic N) is 1. The van der Waals surface area contributed by atoms with E-state index in [-0.39, 0.29) is 0 Å². The number of fused-ring (bicyclic) bond motifs is 3. The Kier molecular flexibility index (Phi) is 3.76. The summed E-state index contributed by atoms with van der Waals surface area (Å²) in [5.74, 6) is 1.13. The second kappa shape index (κ2) is 5.46. The van der Waals surface area contributed by atoms with E-state index in [2.05, 4.69) is 82.5 Å². The van der Waals surface area contributed by atoms with E-state index in [0.29, 0.717) is 17.9 Å². The topological polar surface area (TPSA) is 4.93 Å². The molecule has 0 amide bonds. The quantitative estimate of drug-likeness (QED) is 0.511. The van der Waals surface area contributed by atoms with Crippen LogP contribution in [0.4, 0.5) is 0 Å². The predicted molar refractivity (Wildman–Crippen MR) is 98.0 cm³/mol. The van der Waals surface area contributed by atoms with Crippen LogP contribution in [0.25, 0.3) is 21.8 Å². The second-order valence-electron chi connectivity index (χ2n) is 7.33. The van der Waals surface area contributed by atoms with Crippen molar-refractivity contribution in [3.05, 3.63) is 47.5 Å². The molecule has 3 aromatic rings. The molecule has 0 fully saturated rings.